The molecule has 0 bridgehead atoms. The van der Waals surface area contributed by atoms with Gasteiger partial charge in [0.15, 0.2) is 0 Å². The molecule has 0 aliphatic heterocycles. The van der Waals surface area contributed by atoms with E-state index in [0.29, 0.717) is 27.1 Å². The van der Waals surface area contributed by atoms with Gasteiger partial charge in [-0.25, -0.2) is 14.0 Å². The number of nitrogens with one attached hydrogen (secondary N) is 5. The van der Waals surface area contributed by atoms with Gasteiger partial charge in [0.1, 0.15) is 11.4 Å². The predicted octanol–water partition coefficient (Wildman–Crippen LogP) is 6.56. The quantitative estimate of drug-likeness (QED) is 0.0562. The molecule has 54 heavy (non-hydrogen) atoms. The number of nitrogens with zero attached hydrogens (tertiary/aromatic N) is 1. The number of aliphatic hydroxyl groups is 1. The van der Waals surface area contributed by atoms with Crippen LogP contribution in [-0.2, 0) is 4.74 Å². The number of hydrogen-bond donors (Lipinski definition) is 12. The standard InChI is InChI=1S/C12H17N3O4.C7H6FNO3.C7H7N3O3.3C2H6.C2H2.CH4O/c1-12(2,3)19-11(17)14-9-6-7(15-18)4-5-8(9)10(13)16;8-6-3-4(9-12)1-2-5(6)7(10)11;11-7-5-2-1-4(9-12)3-6(5)8-10(7)13;5*1-2/h4-6,15,18H,1-3H3,(H2,13,16)(H,14,17);1-3,9,12H,(H,10,11);1-3,8-9,12-13H;3*1-2H3;1-2H;2H,1H3. The van der Waals surface area contributed by atoms with Gasteiger partial charge in [-0.15, -0.1) is 12.8 Å². The number of aromatic nitrogens is 2. The number of ether oxygens (including phenoxy) is 1. The number of halogens is 1. The Balaban J connectivity index is -0.000000317. The van der Waals surface area contributed by atoms with Gasteiger partial charge in [0.25, 0.3) is 5.91 Å². The lowest BCUT2D eigenvalue weighted by Gasteiger charge is -2.20. The zero-order valence-corrected chi connectivity index (χ0v) is 32.0. The second kappa shape index (κ2) is 30.3. The lowest BCUT2D eigenvalue weighted by molar-refractivity contribution is 0.0633. The molecule has 2 amide bonds. The average molecular weight is 768 g/mol. The summed E-state index contributed by atoms with van der Waals surface area (Å²) in [5.74, 6) is -2.92. The summed E-state index contributed by atoms with van der Waals surface area (Å²) < 4.78 is 17.8. The van der Waals surface area contributed by atoms with E-state index in [1.165, 1.54) is 42.5 Å². The minimum Gasteiger partial charge on any atom is -0.478 e. The van der Waals surface area contributed by atoms with E-state index in [1.807, 2.05) is 52.5 Å². The zero-order valence-electron chi connectivity index (χ0n) is 32.0. The number of carboxylic acid groups (broad SMARTS) is 1. The third-order valence-corrected chi connectivity index (χ3v) is 5.18. The lowest BCUT2D eigenvalue weighted by atomic mass is 10.1. The number of anilines is 4. The number of carbonyl (C=O) groups is 3. The van der Waals surface area contributed by atoms with Crippen LogP contribution in [0.25, 0.3) is 10.9 Å². The summed E-state index contributed by atoms with van der Waals surface area (Å²) in [4.78, 5) is 44.7. The number of primary amides is 1. The molecule has 4 aromatic rings. The molecule has 0 atom stereocenters. The predicted molar refractivity (Wildman–Crippen MR) is 206 cm³/mol. The molecule has 0 saturated heterocycles. The van der Waals surface area contributed by atoms with E-state index in [1.54, 1.807) is 26.3 Å². The monoisotopic (exact) mass is 767 g/mol. The van der Waals surface area contributed by atoms with Crippen LogP contribution in [-0.4, -0.2) is 71.7 Å². The molecule has 13 N–H and O–H groups in total. The van der Waals surface area contributed by atoms with E-state index in [0.717, 1.165) is 19.2 Å². The molecule has 1 heterocycles. The molecule has 18 nitrogen and oxygen atoms in total. The molecule has 19 heteroatoms. The fourth-order valence-electron chi connectivity index (χ4n) is 3.28. The number of fused-ring (bicyclic) bond motifs is 1. The molecule has 0 fully saturated rings. The van der Waals surface area contributed by atoms with Crippen LogP contribution >= 0.6 is 0 Å². The number of carboxylic acids is 1. The fourth-order valence-corrected chi connectivity index (χ4v) is 3.28. The molecular formula is C35H54FN7O11. The first-order valence-corrected chi connectivity index (χ1v) is 16.0. The maximum Gasteiger partial charge on any atom is 0.412 e. The number of hydrogen-bond acceptors (Lipinski definition) is 13. The van der Waals surface area contributed by atoms with Gasteiger partial charge in [0.2, 0.25) is 0 Å². The number of benzene rings is 3. The smallest absolute Gasteiger partial charge is 0.412 e. The maximum absolute atomic E-state index is 12.8. The number of aromatic carboxylic acids is 1. The number of aromatic amines is 1. The Morgan fingerprint density at radius 2 is 1.22 bits per heavy atom. The lowest BCUT2D eigenvalue weighted by Crippen LogP contribution is -2.28. The van der Waals surface area contributed by atoms with Crippen molar-refractivity contribution in [2.45, 2.75) is 67.9 Å². The number of nitrogens with two attached hydrogens (primary N) is 1. The summed E-state index contributed by atoms with van der Waals surface area (Å²) in [6.45, 7) is 17.1. The summed E-state index contributed by atoms with van der Waals surface area (Å²) in [5, 5.41) is 55.3. The van der Waals surface area contributed by atoms with Crippen molar-refractivity contribution < 1.29 is 54.6 Å². The Morgan fingerprint density at radius 3 is 1.63 bits per heavy atom. The topological polar surface area (TPSA) is 294 Å². The van der Waals surface area contributed by atoms with E-state index in [4.69, 9.17) is 41.5 Å². The summed E-state index contributed by atoms with van der Waals surface area (Å²) in [6, 6.07) is 11.9. The molecular weight excluding hydrogens is 713 g/mol. The molecule has 1 aromatic heterocycles. The normalized spacial score (nSPS) is 8.91. The average Bonchev–Trinajstić information content (AvgIpc) is 3.46. The largest absolute Gasteiger partial charge is 0.478 e. The van der Waals surface area contributed by atoms with E-state index in [-0.39, 0.29) is 16.9 Å². The Bertz CT molecular complexity index is 1750. The summed E-state index contributed by atoms with van der Waals surface area (Å²) >= 11 is 0. The molecule has 0 saturated carbocycles. The van der Waals surface area contributed by atoms with Gasteiger partial charge < -0.3 is 25.9 Å². The summed E-state index contributed by atoms with van der Waals surface area (Å²) in [5.41, 5.74) is 10.7. The molecule has 3 aromatic carbocycles. The van der Waals surface area contributed by atoms with Crippen LogP contribution < -0.4 is 33.1 Å². The molecule has 4 rings (SSSR count). The maximum atomic E-state index is 12.8. The van der Waals surface area contributed by atoms with Crippen molar-refractivity contribution in [3.63, 3.8) is 0 Å². The highest BCUT2D eigenvalue weighted by Crippen LogP contribution is 2.21. The third-order valence-electron chi connectivity index (χ3n) is 5.18. The second-order valence-electron chi connectivity index (χ2n) is 9.58. The first kappa shape index (κ1) is 54.4. The summed E-state index contributed by atoms with van der Waals surface area (Å²) in [6.07, 6.45) is 7.28. The van der Waals surface area contributed by atoms with E-state index in [9.17, 15) is 23.6 Å². The van der Waals surface area contributed by atoms with E-state index in [2.05, 4.69) is 23.3 Å². The number of carbonyl (C=O) groups excluding carboxylic acids is 2. The van der Waals surface area contributed by atoms with Crippen molar-refractivity contribution in [2.75, 3.05) is 28.9 Å². The number of aliphatic hydroxyl groups excluding tert-OH is 1. The van der Waals surface area contributed by atoms with E-state index < -0.39 is 40.5 Å². The number of terminal acetylenes is 1. The molecule has 302 valence electrons. The second-order valence-corrected chi connectivity index (χ2v) is 9.58. The van der Waals surface area contributed by atoms with Crippen molar-refractivity contribution in [3.8, 4) is 12.8 Å². The zero-order chi connectivity index (χ0) is 43.2. The van der Waals surface area contributed by atoms with E-state index >= 15 is 0 Å². The highest BCUT2D eigenvalue weighted by molar-refractivity contribution is 6.02. The molecule has 0 aliphatic rings. The van der Waals surface area contributed by atoms with Crippen LogP contribution in [0, 0.1) is 18.7 Å². The first-order valence-electron chi connectivity index (χ1n) is 16.0. The van der Waals surface area contributed by atoms with Gasteiger partial charge in [-0.05, 0) is 69.3 Å². The van der Waals surface area contributed by atoms with Gasteiger partial charge in [0.05, 0.1) is 44.8 Å². The van der Waals surface area contributed by atoms with Crippen LogP contribution in [0.4, 0.5) is 31.9 Å². The number of H-pyrrole nitrogens is 1. The van der Waals surface area contributed by atoms with Gasteiger partial charge in [0, 0.05) is 13.2 Å². The van der Waals surface area contributed by atoms with Crippen LogP contribution in [0.1, 0.15) is 83.0 Å². The van der Waals surface area contributed by atoms with Crippen molar-refractivity contribution in [2.24, 2.45) is 5.73 Å². The Labute approximate surface area is 313 Å². The minimum absolute atomic E-state index is 0.109. The highest BCUT2D eigenvalue weighted by atomic mass is 19.1. The molecule has 0 unspecified atom stereocenters. The Hall–Kier alpha value is -6.33. The van der Waals surface area contributed by atoms with Crippen molar-refractivity contribution in [1.82, 2.24) is 9.94 Å². The first-order chi connectivity index (χ1) is 25.6. The van der Waals surface area contributed by atoms with Crippen molar-refractivity contribution in [1.29, 1.82) is 0 Å². The van der Waals surface area contributed by atoms with Crippen molar-refractivity contribution >= 4 is 51.6 Å². The minimum atomic E-state index is -1.34. The SMILES string of the molecule is C#C.CC.CC.CC.CC(C)(C)OC(=O)Nc1cc(NO)ccc1C(N)=O.CO.O=C(O)c1ccc(NO)cc1F.O=c1c2ccc(NO)cc2[nH]n1O. The fraction of sp³-hybridized carbons (Fsp3) is 0.314. The number of amides is 2. The Morgan fingerprint density at radius 1 is 0.796 bits per heavy atom. The number of rotatable bonds is 6. The molecule has 0 aliphatic carbocycles. The van der Waals surface area contributed by atoms with Crippen LogP contribution in [0.2, 0.25) is 0 Å². The summed E-state index contributed by atoms with van der Waals surface area (Å²) in [7, 11) is 1.00. The van der Waals surface area contributed by atoms with Crippen molar-refractivity contribution in [3.05, 3.63) is 81.9 Å². The van der Waals surface area contributed by atoms with Gasteiger partial charge in [-0.3, -0.25) is 52.1 Å². The molecule has 0 spiro atoms. The van der Waals surface area contributed by atoms with Gasteiger partial charge >= 0.3 is 17.6 Å². The van der Waals surface area contributed by atoms with Crippen LogP contribution in [0.5, 0.6) is 0 Å². The highest BCUT2D eigenvalue weighted by Gasteiger charge is 2.18. The Kier molecular flexibility index (Phi) is 30.6. The third kappa shape index (κ3) is 19.9. The van der Waals surface area contributed by atoms with Crippen LogP contribution in [0.15, 0.2) is 59.4 Å². The molecule has 0 radical (unpaired) electrons. The van der Waals surface area contributed by atoms with Gasteiger partial charge in [-0.2, -0.15) is 0 Å². The van der Waals surface area contributed by atoms with Gasteiger partial charge in [-0.1, -0.05) is 46.4 Å². The van der Waals surface area contributed by atoms with Crippen LogP contribution in [0.3, 0.4) is 0 Å².